The molecule has 0 radical (unpaired) electrons. The number of nitrogens with zero attached hydrogens (tertiary/aromatic N) is 1. The van der Waals surface area contributed by atoms with Crippen LogP contribution in [0.25, 0.3) is 0 Å². The van der Waals surface area contributed by atoms with Gasteiger partial charge in [0.05, 0.1) is 19.9 Å². The van der Waals surface area contributed by atoms with Gasteiger partial charge < -0.3 is 9.15 Å². The first-order chi connectivity index (χ1) is 9.46. The summed E-state index contributed by atoms with van der Waals surface area (Å²) in [5, 5.41) is 1.69. The normalized spacial score (nSPS) is 11.8. The Balaban J connectivity index is 2.23. The fraction of sp³-hybridized carbons (Fsp3) is 0.250. The second-order valence-electron chi connectivity index (χ2n) is 3.94. The lowest BCUT2D eigenvalue weighted by Crippen LogP contribution is -2.26. The van der Waals surface area contributed by atoms with E-state index in [1.54, 1.807) is 11.4 Å². The molecule has 2 aromatic rings. The summed E-state index contributed by atoms with van der Waals surface area (Å²) in [6.07, 6.45) is 1.33. The second kappa shape index (κ2) is 5.78. The number of carbonyl (C=O) groups excluding carboxylic acids is 1. The lowest BCUT2D eigenvalue weighted by Gasteiger charge is -2.15. The molecule has 8 heteroatoms. The molecule has 0 bridgehead atoms. The smallest absolute Gasteiger partial charge is 0.341 e. The molecule has 6 nitrogen and oxygen atoms in total. The molecule has 0 spiro atoms. The van der Waals surface area contributed by atoms with Gasteiger partial charge in [0.25, 0.3) is 10.0 Å². The zero-order valence-corrected chi connectivity index (χ0v) is 12.5. The van der Waals surface area contributed by atoms with E-state index in [0.717, 1.165) is 15.6 Å². The fourth-order valence-electron chi connectivity index (χ4n) is 1.61. The van der Waals surface area contributed by atoms with Gasteiger partial charge in [-0.2, -0.15) is 4.31 Å². The van der Waals surface area contributed by atoms with Crippen LogP contribution in [0.1, 0.15) is 16.1 Å². The van der Waals surface area contributed by atoms with Gasteiger partial charge in [-0.05, 0) is 17.5 Å². The molecular formula is C12H13NO5S2. The van der Waals surface area contributed by atoms with Gasteiger partial charge in [0, 0.05) is 7.05 Å². The first kappa shape index (κ1) is 14.8. The van der Waals surface area contributed by atoms with E-state index in [2.05, 4.69) is 4.74 Å². The average Bonchev–Trinajstić information content (AvgIpc) is 3.08. The van der Waals surface area contributed by atoms with Crippen LogP contribution in [0.3, 0.4) is 0 Å². The Morgan fingerprint density at radius 3 is 2.80 bits per heavy atom. The molecule has 108 valence electrons. The van der Waals surface area contributed by atoms with Gasteiger partial charge in [-0.3, -0.25) is 0 Å². The maximum atomic E-state index is 12.2. The minimum atomic E-state index is -3.58. The van der Waals surface area contributed by atoms with Crippen LogP contribution in [0.15, 0.2) is 38.5 Å². The fourth-order valence-corrected chi connectivity index (χ4v) is 3.93. The number of sulfonamides is 1. The molecule has 2 heterocycles. The quantitative estimate of drug-likeness (QED) is 0.788. The van der Waals surface area contributed by atoms with Crippen molar-refractivity contribution in [1.29, 1.82) is 0 Å². The molecule has 0 atom stereocenters. The minimum absolute atomic E-state index is 0.0440. The third-order valence-corrected chi connectivity index (χ3v) is 5.85. The molecule has 20 heavy (non-hydrogen) atoms. The van der Waals surface area contributed by atoms with E-state index >= 15 is 0 Å². The first-order valence-corrected chi connectivity index (χ1v) is 7.93. The highest BCUT2D eigenvalue weighted by molar-refractivity contribution is 7.91. The Kier molecular flexibility index (Phi) is 4.26. The van der Waals surface area contributed by atoms with E-state index < -0.39 is 16.0 Å². The molecule has 2 rings (SSSR count). The number of hydrogen-bond donors (Lipinski definition) is 0. The SMILES string of the molecule is COC(=O)c1ccoc1CN(C)S(=O)(=O)c1cccs1. The number of thiophene rings is 1. The molecule has 0 unspecified atom stereocenters. The molecule has 0 aliphatic heterocycles. The molecule has 2 aromatic heterocycles. The van der Waals surface area contributed by atoms with E-state index in [4.69, 9.17) is 4.42 Å². The maximum Gasteiger partial charge on any atom is 0.341 e. The van der Waals surface area contributed by atoms with Gasteiger partial charge in [0.15, 0.2) is 0 Å². The van der Waals surface area contributed by atoms with Crippen LogP contribution in [0.2, 0.25) is 0 Å². The number of esters is 1. The van der Waals surface area contributed by atoms with Crippen LogP contribution in [0, 0.1) is 0 Å². The lowest BCUT2D eigenvalue weighted by molar-refractivity contribution is 0.0597. The van der Waals surface area contributed by atoms with Crippen molar-refractivity contribution < 1.29 is 22.4 Å². The van der Waals surface area contributed by atoms with Crippen molar-refractivity contribution in [3.8, 4) is 0 Å². The largest absolute Gasteiger partial charge is 0.467 e. The summed E-state index contributed by atoms with van der Waals surface area (Å²) in [5.41, 5.74) is 0.223. The van der Waals surface area contributed by atoms with Gasteiger partial charge in [0.1, 0.15) is 15.5 Å². The van der Waals surface area contributed by atoms with Crippen molar-refractivity contribution in [1.82, 2.24) is 4.31 Å². The third kappa shape index (κ3) is 2.77. The van der Waals surface area contributed by atoms with Crippen molar-refractivity contribution in [2.24, 2.45) is 0 Å². The summed E-state index contributed by atoms with van der Waals surface area (Å²) >= 11 is 1.13. The van der Waals surface area contributed by atoms with Gasteiger partial charge in [-0.15, -0.1) is 11.3 Å². The number of rotatable bonds is 5. The zero-order valence-electron chi connectivity index (χ0n) is 10.9. The van der Waals surface area contributed by atoms with Gasteiger partial charge in [-0.1, -0.05) is 6.07 Å². The van der Waals surface area contributed by atoms with Crippen LogP contribution < -0.4 is 0 Å². The second-order valence-corrected chi connectivity index (χ2v) is 7.16. The minimum Gasteiger partial charge on any atom is -0.467 e. The Morgan fingerprint density at radius 2 is 2.20 bits per heavy atom. The van der Waals surface area contributed by atoms with Crippen molar-refractivity contribution in [3.05, 3.63) is 41.2 Å². The molecule has 0 fully saturated rings. The molecule has 0 aromatic carbocycles. The van der Waals surface area contributed by atoms with Crippen LogP contribution in [0.5, 0.6) is 0 Å². The van der Waals surface area contributed by atoms with E-state index in [1.165, 1.54) is 32.6 Å². The molecule has 0 aliphatic rings. The Bertz CT molecular complexity index is 687. The summed E-state index contributed by atoms with van der Waals surface area (Å²) in [7, 11) is -0.897. The number of ether oxygens (including phenoxy) is 1. The Labute approximate surface area is 120 Å². The van der Waals surface area contributed by atoms with Crippen LogP contribution >= 0.6 is 11.3 Å². The number of hydrogen-bond acceptors (Lipinski definition) is 6. The molecule has 0 saturated heterocycles. The predicted octanol–water partition coefficient (Wildman–Crippen LogP) is 1.95. The lowest BCUT2D eigenvalue weighted by atomic mass is 10.2. The summed E-state index contributed by atoms with van der Waals surface area (Å²) < 4.78 is 35.6. The van der Waals surface area contributed by atoms with Crippen molar-refractivity contribution in [3.63, 3.8) is 0 Å². The third-order valence-electron chi connectivity index (χ3n) is 2.68. The molecular weight excluding hydrogens is 302 g/mol. The number of methoxy groups -OCH3 is 1. The molecule has 0 amide bonds. The highest BCUT2D eigenvalue weighted by Crippen LogP contribution is 2.22. The maximum absolute atomic E-state index is 12.2. The number of furan rings is 1. The summed E-state index contributed by atoms with van der Waals surface area (Å²) in [5.74, 6) is -0.310. The molecule has 0 saturated carbocycles. The van der Waals surface area contributed by atoms with Gasteiger partial charge in [0.2, 0.25) is 0 Å². The van der Waals surface area contributed by atoms with Gasteiger partial charge in [-0.25, -0.2) is 13.2 Å². The van der Waals surface area contributed by atoms with Crippen molar-refractivity contribution in [2.45, 2.75) is 10.8 Å². The standard InChI is InChI=1S/C12H13NO5S2/c1-13(20(15,16)11-4-3-7-19-11)8-10-9(5-6-18-10)12(14)17-2/h3-7H,8H2,1-2H3. The first-order valence-electron chi connectivity index (χ1n) is 5.61. The Hall–Kier alpha value is -1.64. The van der Waals surface area contributed by atoms with E-state index in [-0.39, 0.29) is 22.1 Å². The van der Waals surface area contributed by atoms with E-state index in [0.29, 0.717) is 0 Å². The highest BCUT2D eigenvalue weighted by Gasteiger charge is 2.25. The van der Waals surface area contributed by atoms with E-state index in [9.17, 15) is 13.2 Å². The summed E-state index contributed by atoms with van der Waals surface area (Å²) in [4.78, 5) is 11.5. The highest BCUT2D eigenvalue weighted by atomic mass is 32.2. The van der Waals surface area contributed by atoms with Crippen LogP contribution in [0.4, 0.5) is 0 Å². The molecule has 0 aliphatic carbocycles. The predicted molar refractivity (Wildman–Crippen MR) is 73.0 cm³/mol. The van der Waals surface area contributed by atoms with Crippen LogP contribution in [-0.4, -0.2) is 32.8 Å². The topological polar surface area (TPSA) is 76.8 Å². The van der Waals surface area contributed by atoms with Crippen LogP contribution in [-0.2, 0) is 21.3 Å². The van der Waals surface area contributed by atoms with Crippen molar-refractivity contribution in [2.75, 3.05) is 14.2 Å². The van der Waals surface area contributed by atoms with E-state index in [1.807, 2.05) is 0 Å². The molecule has 0 N–H and O–H groups in total. The zero-order chi connectivity index (χ0) is 14.8. The summed E-state index contributed by atoms with van der Waals surface area (Å²) in [6, 6.07) is 4.64. The monoisotopic (exact) mass is 315 g/mol. The summed E-state index contributed by atoms with van der Waals surface area (Å²) in [6.45, 7) is -0.0440. The average molecular weight is 315 g/mol. The van der Waals surface area contributed by atoms with Gasteiger partial charge >= 0.3 is 5.97 Å². The van der Waals surface area contributed by atoms with Crippen molar-refractivity contribution >= 4 is 27.3 Å². The Morgan fingerprint density at radius 1 is 1.45 bits per heavy atom. The number of carbonyl (C=O) groups is 1.